The zero-order chi connectivity index (χ0) is 15.2. The van der Waals surface area contributed by atoms with Gasteiger partial charge in [-0.1, -0.05) is 0 Å². The summed E-state index contributed by atoms with van der Waals surface area (Å²) in [5.74, 6) is -0.934. The van der Waals surface area contributed by atoms with E-state index in [1.54, 1.807) is 24.4 Å². The molecule has 2 heterocycles. The molecule has 3 rings (SSSR count). The van der Waals surface area contributed by atoms with E-state index in [2.05, 4.69) is 9.97 Å². The van der Waals surface area contributed by atoms with Gasteiger partial charge in [-0.25, -0.2) is 9.97 Å². The lowest BCUT2D eigenvalue weighted by Crippen LogP contribution is -2.15. The van der Waals surface area contributed by atoms with E-state index in [0.29, 0.717) is 16.2 Å². The molecule has 0 unspecified atom stereocenters. The highest BCUT2D eigenvalue weighted by Crippen LogP contribution is 2.32. The second kappa shape index (κ2) is 4.73. The van der Waals surface area contributed by atoms with E-state index < -0.39 is 12.0 Å². The second-order valence-electron chi connectivity index (χ2n) is 4.65. The molecular weight excluding hydrogens is 301 g/mol. The number of rotatable bonds is 2. The quantitative estimate of drug-likeness (QED) is 0.737. The minimum absolute atomic E-state index is 0.0355. The number of imidazole rings is 1. The molecule has 0 radical (unpaired) electrons. The summed E-state index contributed by atoms with van der Waals surface area (Å²) in [6, 6.07) is 4.55. The van der Waals surface area contributed by atoms with E-state index in [0.717, 1.165) is 10.3 Å². The van der Waals surface area contributed by atoms with Crippen molar-refractivity contribution in [2.24, 2.45) is 0 Å². The number of fused-ring (bicyclic) bond motifs is 1. The van der Waals surface area contributed by atoms with Gasteiger partial charge in [-0.15, -0.1) is 11.3 Å². The number of thiazole rings is 1. The zero-order valence-corrected chi connectivity index (χ0v) is 11.8. The SMILES string of the molecule is Cc1csc(Cn2c(C(F)(F)F)nc3cc(N)ccc32)n1. The van der Waals surface area contributed by atoms with Gasteiger partial charge in [-0.3, -0.25) is 0 Å². The summed E-state index contributed by atoms with van der Waals surface area (Å²) in [5, 5.41) is 2.41. The summed E-state index contributed by atoms with van der Waals surface area (Å²) in [6.07, 6.45) is -4.53. The van der Waals surface area contributed by atoms with Gasteiger partial charge in [0.15, 0.2) is 0 Å². The van der Waals surface area contributed by atoms with Crippen LogP contribution in [-0.4, -0.2) is 14.5 Å². The van der Waals surface area contributed by atoms with Crippen LogP contribution in [0.5, 0.6) is 0 Å². The molecule has 0 atom stereocenters. The molecule has 21 heavy (non-hydrogen) atoms. The molecule has 0 aliphatic carbocycles. The van der Waals surface area contributed by atoms with Crippen molar-refractivity contribution >= 4 is 28.1 Å². The smallest absolute Gasteiger partial charge is 0.399 e. The Bertz CT molecular complexity index is 803. The Labute approximate surface area is 122 Å². The van der Waals surface area contributed by atoms with Crippen molar-refractivity contribution in [3.63, 3.8) is 0 Å². The van der Waals surface area contributed by atoms with Crippen molar-refractivity contribution in [3.8, 4) is 0 Å². The van der Waals surface area contributed by atoms with Crippen LogP contribution in [0.2, 0.25) is 0 Å². The molecule has 0 bridgehead atoms. The highest BCUT2D eigenvalue weighted by molar-refractivity contribution is 7.09. The fourth-order valence-corrected chi connectivity index (χ4v) is 2.89. The summed E-state index contributed by atoms with van der Waals surface area (Å²) in [4.78, 5) is 7.89. The third-order valence-corrected chi connectivity index (χ3v) is 3.94. The van der Waals surface area contributed by atoms with Crippen molar-refractivity contribution in [3.05, 3.63) is 40.1 Å². The van der Waals surface area contributed by atoms with Crippen LogP contribution in [0.1, 0.15) is 16.5 Å². The van der Waals surface area contributed by atoms with Gasteiger partial charge in [-0.05, 0) is 25.1 Å². The number of nitrogens with zero attached hydrogens (tertiary/aromatic N) is 3. The van der Waals surface area contributed by atoms with Crippen LogP contribution >= 0.6 is 11.3 Å². The van der Waals surface area contributed by atoms with Crippen LogP contribution in [0, 0.1) is 6.92 Å². The molecule has 0 aliphatic rings. The molecule has 0 spiro atoms. The van der Waals surface area contributed by atoms with Crippen molar-refractivity contribution in [2.45, 2.75) is 19.6 Å². The van der Waals surface area contributed by atoms with Gasteiger partial charge in [0.1, 0.15) is 5.01 Å². The van der Waals surface area contributed by atoms with Crippen LogP contribution < -0.4 is 5.73 Å². The van der Waals surface area contributed by atoms with E-state index in [1.165, 1.54) is 17.4 Å². The first kappa shape index (κ1) is 13.9. The lowest BCUT2D eigenvalue weighted by atomic mass is 10.3. The number of halogens is 3. The van der Waals surface area contributed by atoms with Gasteiger partial charge in [-0.2, -0.15) is 13.2 Å². The zero-order valence-electron chi connectivity index (χ0n) is 11.0. The molecule has 2 N–H and O–H groups in total. The number of hydrogen-bond donors (Lipinski definition) is 1. The first-order valence-electron chi connectivity index (χ1n) is 6.08. The number of aromatic nitrogens is 3. The van der Waals surface area contributed by atoms with Gasteiger partial charge >= 0.3 is 6.18 Å². The number of alkyl halides is 3. The van der Waals surface area contributed by atoms with Crippen molar-refractivity contribution in [1.82, 2.24) is 14.5 Å². The fourth-order valence-electron chi connectivity index (χ4n) is 2.13. The Hall–Kier alpha value is -2.09. The molecule has 0 aliphatic heterocycles. The fraction of sp³-hybridized carbons (Fsp3) is 0.231. The molecule has 3 aromatic rings. The molecule has 1 aromatic carbocycles. The molecule has 0 amide bonds. The van der Waals surface area contributed by atoms with Gasteiger partial charge in [0.25, 0.3) is 0 Å². The minimum atomic E-state index is -4.53. The van der Waals surface area contributed by atoms with E-state index in [-0.39, 0.29) is 12.1 Å². The van der Waals surface area contributed by atoms with E-state index >= 15 is 0 Å². The van der Waals surface area contributed by atoms with Gasteiger partial charge in [0.05, 0.1) is 17.6 Å². The normalized spacial score (nSPS) is 12.2. The summed E-state index contributed by atoms with van der Waals surface area (Å²) in [7, 11) is 0. The van der Waals surface area contributed by atoms with Gasteiger partial charge in [0.2, 0.25) is 5.82 Å². The van der Waals surface area contributed by atoms with E-state index in [9.17, 15) is 13.2 Å². The monoisotopic (exact) mass is 312 g/mol. The van der Waals surface area contributed by atoms with Crippen molar-refractivity contribution in [2.75, 3.05) is 5.73 Å². The molecule has 8 heteroatoms. The molecule has 0 saturated carbocycles. The molecular formula is C13H11F3N4S. The highest BCUT2D eigenvalue weighted by atomic mass is 32.1. The number of nitrogens with two attached hydrogens (primary N) is 1. The van der Waals surface area contributed by atoms with Crippen molar-refractivity contribution < 1.29 is 13.2 Å². The lowest BCUT2D eigenvalue weighted by Gasteiger charge is -2.09. The second-order valence-corrected chi connectivity index (χ2v) is 5.59. The number of anilines is 1. The summed E-state index contributed by atoms with van der Waals surface area (Å²) in [5.41, 5.74) is 7.40. The van der Waals surface area contributed by atoms with Gasteiger partial charge in [0, 0.05) is 16.8 Å². The number of benzene rings is 1. The van der Waals surface area contributed by atoms with E-state index in [1.807, 2.05) is 0 Å². The predicted molar refractivity (Wildman–Crippen MR) is 75.1 cm³/mol. The standard InChI is InChI=1S/C13H11F3N4S/c1-7-6-21-11(18-7)5-20-10-3-2-8(17)4-9(10)19-12(20)13(14,15)16/h2-4,6H,5,17H2,1H3. The topological polar surface area (TPSA) is 56.7 Å². The summed E-state index contributed by atoms with van der Waals surface area (Å²) >= 11 is 1.33. The van der Waals surface area contributed by atoms with Crippen LogP contribution in [0.15, 0.2) is 23.6 Å². The number of aryl methyl sites for hydroxylation is 1. The molecule has 110 valence electrons. The summed E-state index contributed by atoms with van der Waals surface area (Å²) in [6.45, 7) is 1.84. The van der Waals surface area contributed by atoms with Crippen LogP contribution in [0.3, 0.4) is 0 Å². The maximum atomic E-state index is 13.2. The third-order valence-electron chi connectivity index (χ3n) is 2.99. The van der Waals surface area contributed by atoms with Gasteiger partial charge < -0.3 is 10.3 Å². The molecule has 0 saturated heterocycles. The Balaban J connectivity index is 2.17. The van der Waals surface area contributed by atoms with E-state index in [4.69, 9.17) is 5.73 Å². The average Bonchev–Trinajstić information content (AvgIpc) is 2.93. The first-order valence-corrected chi connectivity index (χ1v) is 6.96. The largest absolute Gasteiger partial charge is 0.449 e. The number of nitrogen functional groups attached to an aromatic ring is 1. The first-order chi connectivity index (χ1) is 9.84. The van der Waals surface area contributed by atoms with Crippen molar-refractivity contribution in [1.29, 1.82) is 0 Å². The number of hydrogen-bond acceptors (Lipinski definition) is 4. The van der Waals surface area contributed by atoms with Crippen LogP contribution in [0.25, 0.3) is 11.0 Å². The Kier molecular flexibility index (Phi) is 3.12. The predicted octanol–water partition coefficient (Wildman–Crippen LogP) is 3.45. The maximum absolute atomic E-state index is 13.2. The molecule has 2 aromatic heterocycles. The Morgan fingerprint density at radius 3 is 2.67 bits per heavy atom. The van der Waals surface area contributed by atoms with Crippen LogP contribution in [0.4, 0.5) is 18.9 Å². The molecule has 4 nitrogen and oxygen atoms in total. The summed E-state index contributed by atoms with van der Waals surface area (Å²) < 4.78 is 40.6. The third kappa shape index (κ3) is 2.58. The minimum Gasteiger partial charge on any atom is -0.399 e. The average molecular weight is 312 g/mol. The molecule has 0 fully saturated rings. The Morgan fingerprint density at radius 1 is 1.29 bits per heavy atom. The van der Waals surface area contributed by atoms with Crippen LogP contribution in [-0.2, 0) is 12.7 Å². The highest BCUT2D eigenvalue weighted by Gasteiger charge is 2.37. The Morgan fingerprint density at radius 2 is 2.05 bits per heavy atom. The lowest BCUT2D eigenvalue weighted by molar-refractivity contribution is -0.146. The maximum Gasteiger partial charge on any atom is 0.449 e.